The van der Waals surface area contributed by atoms with E-state index < -0.39 is 17.2 Å². The van der Waals surface area contributed by atoms with E-state index in [0.717, 1.165) is 11.8 Å². The molecule has 9 nitrogen and oxygen atoms in total. The highest BCUT2D eigenvalue weighted by atomic mass is 32.2. The maximum absolute atomic E-state index is 11.8. The summed E-state index contributed by atoms with van der Waals surface area (Å²) in [6, 6.07) is 4.60. The van der Waals surface area contributed by atoms with E-state index in [4.69, 9.17) is 13.9 Å². The second-order valence-electron chi connectivity index (χ2n) is 4.77. The molecule has 2 N–H and O–H groups in total. The molecular formula is C15H18N4O5S. The standard InChI is InChI=1S/C15H18N4O5S/c1-8(12(20)17-14(21)16-2)25-15-19-18-13(24-15)10-6-5-9(22-3)7-11(10)23-4/h5-8H,1-4H3,(H2,16,17,20,21)/t8-/m1/s1. The van der Waals surface area contributed by atoms with E-state index >= 15 is 0 Å². The van der Waals surface area contributed by atoms with Crippen molar-refractivity contribution in [2.24, 2.45) is 0 Å². The Morgan fingerprint density at radius 2 is 2.00 bits per heavy atom. The largest absolute Gasteiger partial charge is 0.497 e. The number of aromatic nitrogens is 2. The number of benzene rings is 1. The summed E-state index contributed by atoms with van der Waals surface area (Å²) in [7, 11) is 4.50. The average molecular weight is 366 g/mol. The lowest BCUT2D eigenvalue weighted by Gasteiger charge is -2.08. The highest BCUT2D eigenvalue weighted by molar-refractivity contribution is 8.00. The van der Waals surface area contributed by atoms with Crippen molar-refractivity contribution in [3.05, 3.63) is 18.2 Å². The number of carbonyl (C=O) groups excluding carboxylic acids is 2. The number of methoxy groups -OCH3 is 2. The van der Waals surface area contributed by atoms with Crippen LogP contribution in [0.3, 0.4) is 0 Å². The van der Waals surface area contributed by atoms with Gasteiger partial charge in [0.05, 0.1) is 25.0 Å². The van der Waals surface area contributed by atoms with Crippen LogP contribution in [0, 0.1) is 0 Å². The van der Waals surface area contributed by atoms with Gasteiger partial charge in [-0.1, -0.05) is 11.8 Å². The smallest absolute Gasteiger partial charge is 0.321 e. The Bertz CT molecular complexity index is 764. The molecule has 2 aromatic rings. The predicted octanol–water partition coefficient (Wildman–Crippen LogP) is 1.69. The molecule has 3 amide bonds. The molecule has 1 aromatic heterocycles. The van der Waals surface area contributed by atoms with Crippen LogP contribution in [-0.2, 0) is 4.79 Å². The number of hydrogen-bond acceptors (Lipinski definition) is 8. The van der Waals surface area contributed by atoms with Gasteiger partial charge in [-0.15, -0.1) is 10.2 Å². The highest BCUT2D eigenvalue weighted by Gasteiger charge is 2.21. The van der Waals surface area contributed by atoms with Gasteiger partial charge >= 0.3 is 6.03 Å². The topological polar surface area (TPSA) is 116 Å². The van der Waals surface area contributed by atoms with E-state index in [-0.39, 0.29) is 11.1 Å². The van der Waals surface area contributed by atoms with Gasteiger partial charge in [0, 0.05) is 13.1 Å². The van der Waals surface area contributed by atoms with Gasteiger partial charge in [0.15, 0.2) is 0 Å². The van der Waals surface area contributed by atoms with Crippen LogP contribution in [0.15, 0.2) is 27.8 Å². The van der Waals surface area contributed by atoms with Crippen LogP contribution in [0.1, 0.15) is 6.92 Å². The Hall–Kier alpha value is -2.75. The van der Waals surface area contributed by atoms with E-state index in [9.17, 15) is 9.59 Å². The molecule has 1 heterocycles. The molecule has 25 heavy (non-hydrogen) atoms. The molecule has 1 atom stereocenters. The SMILES string of the molecule is CNC(=O)NC(=O)[C@@H](C)Sc1nnc(-c2ccc(OC)cc2OC)o1. The number of nitrogens with one attached hydrogen (secondary N) is 2. The van der Waals surface area contributed by atoms with Gasteiger partial charge in [0.25, 0.3) is 11.1 Å². The van der Waals surface area contributed by atoms with Gasteiger partial charge in [-0.2, -0.15) is 0 Å². The van der Waals surface area contributed by atoms with Gasteiger partial charge in [-0.3, -0.25) is 10.1 Å². The number of hydrogen-bond donors (Lipinski definition) is 2. The first-order valence-electron chi connectivity index (χ1n) is 7.23. The van der Waals surface area contributed by atoms with E-state index in [1.807, 2.05) is 0 Å². The normalized spacial score (nSPS) is 11.5. The first-order chi connectivity index (χ1) is 12.0. The van der Waals surface area contributed by atoms with Crippen molar-refractivity contribution in [2.45, 2.75) is 17.4 Å². The quantitative estimate of drug-likeness (QED) is 0.742. The van der Waals surface area contributed by atoms with Crippen LogP contribution in [0.5, 0.6) is 11.5 Å². The molecule has 0 bridgehead atoms. The molecule has 0 unspecified atom stereocenters. The third-order valence-electron chi connectivity index (χ3n) is 3.16. The summed E-state index contributed by atoms with van der Waals surface area (Å²) < 4.78 is 16.0. The first-order valence-corrected chi connectivity index (χ1v) is 8.11. The monoisotopic (exact) mass is 366 g/mol. The third-order valence-corrected chi connectivity index (χ3v) is 4.09. The molecular weight excluding hydrogens is 348 g/mol. The molecule has 10 heteroatoms. The van der Waals surface area contributed by atoms with Crippen molar-refractivity contribution in [1.82, 2.24) is 20.8 Å². The number of amides is 3. The molecule has 1 aromatic carbocycles. The molecule has 2 rings (SSSR count). The van der Waals surface area contributed by atoms with Crippen LogP contribution in [0.2, 0.25) is 0 Å². The van der Waals surface area contributed by atoms with Crippen LogP contribution in [0.4, 0.5) is 4.79 Å². The van der Waals surface area contributed by atoms with Gasteiger partial charge in [-0.25, -0.2) is 4.79 Å². The number of carbonyl (C=O) groups is 2. The van der Waals surface area contributed by atoms with Crippen LogP contribution in [0.25, 0.3) is 11.5 Å². The zero-order chi connectivity index (χ0) is 18.4. The van der Waals surface area contributed by atoms with Gasteiger partial charge in [-0.05, 0) is 19.1 Å². The summed E-state index contributed by atoms with van der Waals surface area (Å²) in [5, 5.41) is 12.0. The van der Waals surface area contributed by atoms with Gasteiger partial charge < -0.3 is 19.2 Å². The fourth-order valence-corrected chi connectivity index (χ4v) is 2.51. The molecule has 0 saturated carbocycles. The Morgan fingerprint density at radius 3 is 2.64 bits per heavy atom. The molecule has 0 spiro atoms. The minimum absolute atomic E-state index is 0.201. The highest BCUT2D eigenvalue weighted by Crippen LogP contribution is 2.34. The number of urea groups is 1. The summed E-state index contributed by atoms with van der Waals surface area (Å²) in [5.41, 5.74) is 0.602. The maximum Gasteiger partial charge on any atom is 0.321 e. The lowest BCUT2D eigenvalue weighted by atomic mass is 10.2. The first kappa shape index (κ1) is 18.6. The van der Waals surface area contributed by atoms with Crippen molar-refractivity contribution in [3.63, 3.8) is 0 Å². The fraction of sp³-hybridized carbons (Fsp3) is 0.333. The lowest BCUT2D eigenvalue weighted by molar-refractivity contribution is -0.119. The zero-order valence-electron chi connectivity index (χ0n) is 14.2. The molecule has 134 valence electrons. The zero-order valence-corrected chi connectivity index (χ0v) is 15.0. The van der Waals surface area contributed by atoms with Crippen molar-refractivity contribution in [1.29, 1.82) is 0 Å². The maximum atomic E-state index is 11.8. The summed E-state index contributed by atoms with van der Waals surface area (Å²) in [5.74, 6) is 0.936. The van der Waals surface area contributed by atoms with Gasteiger partial charge in [0.2, 0.25) is 5.91 Å². The van der Waals surface area contributed by atoms with E-state index in [1.165, 1.54) is 14.2 Å². The number of nitrogens with zero attached hydrogens (tertiary/aromatic N) is 2. The summed E-state index contributed by atoms with van der Waals surface area (Å²) in [4.78, 5) is 23.0. The fourth-order valence-electron chi connectivity index (χ4n) is 1.82. The number of rotatable bonds is 6. The molecule has 0 radical (unpaired) electrons. The molecule has 0 fully saturated rings. The molecule has 0 saturated heterocycles. The number of ether oxygens (including phenoxy) is 2. The number of imide groups is 1. The molecule has 0 aliphatic heterocycles. The van der Waals surface area contributed by atoms with E-state index in [2.05, 4.69) is 20.8 Å². The second kappa shape index (κ2) is 8.38. The Morgan fingerprint density at radius 1 is 1.24 bits per heavy atom. The van der Waals surface area contributed by atoms with E-state index in [1.54, 1.807) is 32.2 Å². The van der Waals surface area contributed by atoms with Crippen LogP contribution in [-0.4, -0.2) is 48.7 Å². The van der Waals surface area contributed by atoms with Crippen molar-refractivity contribution >= 4 is 23.7 Å². The van der Waals surface area contributed by atoms with Crippen LogP contribution >= 0.6 is 11.8 Å². The van der Waals surface area contributed by atoms with Crippen molar-refractivity contribution in [2.75, 3.05) is 21.3 Å². The predicted molar refractivity (Wildman–Crippen MR) is 90.8 cm³/mol. The second-order valence-corrected chi connectivity index (χ2v) is 6.06. The minimum Gasteiger partial charge on any atom is -0.497 e. The Balaban J connectivity index is 2.12. The number of thioether (sulfide) groups is 1. The summed E-state index contributed by atoms with van der Waals surface area (Å²) in [6.07, 6.45) is 0. The van der Waals surface area contributed by atoms with Gasteiger partial charge in [0.1, 0.15) is 11.5 Å². The molecule has 0 aliphatic rings. The lowest BCUT2D eigenvalue weighted by Crippen LogP contribution is -2.41. The van der Waals surface area contributed by atoms with Crippen molar-refractivity contribution < 1.29 is 23.5 Å². The Kier molecular flexibility index (Phi) is 6.23. The van der Waals surface area contributed by atoms with Crippen molar-refractivity contribution in [3.8, 4) is 23.0 Å². The van der Waals surface area contributed by atoms with Crippen LogP contribution < -0.4 is 20.1 Å². The minimum atomic E-state index is -0.594. The Labute approximate surface area is 148 Å². The average Bonchev–Trinajstić information content (AvgIpc) is 3.08. The van der Waals surface area contributed by atoms with E-state index in [0.29, 0.717) is 17.1 Å². The molecule has 0 aliphatic carbocycles. The third kappa shape index (κ3) is 4.63. The summed E-state index contributed by atoms with van der Waals surface area (Å²) >= 11 is 1.04. The summed E-state index contributed by atoms with van der Waals surface area (Å²) in [6.45, 7) is 1.63.